The number of benzene rings is 2. The summed E-state index contributed by atoms with van der Waals surface area (Å²) in [6, 6.07) is 12.4. The van der Waals surface area contributed by atoms with Crippen molar-refractivity contribution >= 4 is 15.7 Å². The van der Waals surface area contributed by atoms with Crippen LogP contribution in [0.4, 0.5) is 0 Å². The summed E-state index contributed by atoms with van der Waals surface area (Å²) in [6.07, 6.45) is 4.42. The fourth-order valence-electron chi connectivity index (χ4n) is 2.65. The number of nitrogens with one attached hydrogen (secondary N) is 1. The molecule has 0 saturated heterocycles. The summed E-state index contributed by atoms with van der Waals surface area (Å²) in [5, 5.41) is 2.79. The molecular weight excluding hydrogens is 374 g/mol. The molecule has 6 nitrogen and oxygen atoms in total. The van der Waals surface area contributed by atoms with E-state index in [1.54, 1.807) is 31.5 Å². The van der Waals surface area contributed by atoms with E-state index >= 15 is 0 Å². The zero-order chi connectivity index (χ0) is 20.3. The van der Waals surface area contributed by atoms with Gasteiger partial charge in [-0.3, -0.25) is 4.79 Å². The Labute approximate surface area is 164 Å². The predicted octanol–water partition coefficient (Wildman–Crippen LogP) is 3.09. The molecular formula is C21H21N3O3S. The van der Waals surface area contributed by atoms with Crippen molar-refractivity contribution in [1.82, 2.24) is 15.3 Å². The highest BCUT2D eigenvalue weighted by atomic mass is 32.2. The highest BCUT2D eigenvalue weighted by Crippen LogP contribution is 2.25. The monoisotopic (exact) mass is 395 g/mol. The van der Waals surface area contributed by atoms with Crippen LogP contribution in [0.2, 0.25) is 0 Å². The Morgan fingerprint density at radius 1 is 0.964 bits per heavy atom. The Kier molecular flexibility index (Phi) is 5.56. The molecule has 0 fully saturated rings. The molecule has 1 N–H and O–H groups in total. The van der Waals surface area contributed by atoms with Crippen LogP contribution >= 0.6 is 0 Å². The summed E-state index contributed by atoms with van der Waals surface area (Å²) in [5.74, 6) is 0.290. The fraction of sp³-hybridized carbons (Fsp3) is 0.190. The van der Waals surface area contributed by atoms with Crippen LogP contribution in [0, 0.1) is 13.8 Å². The van der Waals surface area contributed by atoms with Crippen LogP contribution in [-0.2, 0) is 16.4 Å². The zero-order valence-electron chi connectivity index (χ0n) is 15.9. The molecule has 1 aromatic heterocycles. The van der Waals surface area contributed by atoms with Gasteiger partial charge < -0.3 is 5.32 Å². The number of hydrogen-bond donors (Lipinski definition) is 1. The van der Waals surface area contributed by atoms with E-state index in [0.717, 1.165) is 22.9 Å². The van der Waals surface area contributed by atoms with Crippen LogP contribution in [0.3, 0.4) is 0 Å². The van der Waals surface area contributed by atoms with E-state index < -0.39 is 9.84 Å². The lowest BCUT2D eigenvalue weighted by Crippen LogP contribution is -2.23. The molecule has 2 aromatic carbocycles. The van der Waals surface area contributed by atoms with Gasteiger partial charge in [0.1, 0.15) is 5.82 Å². The SMILES string of the molecule is Cc1ccc(-c2cc(C(=O)NCc3cnc(C)nc3)cc(S(C)(=O)=O)c2)cc1. The molecule has 0 saturated carbocycles. The Morgan fingerprint density at radius 2 is 1.61 bits per heavy atom. The third-order valence-electron chi connectivity index (χ3n) is 4.27. The van der Waals surface area contributed by atoms with Gasteiger partial charge in [0.25, 0.3) is 5.91 Å². The number of carbonyl (C=O) groups excluding carboxylic acids is 1. The number of aromatic nitrogens is 2. The molecule has 7 heteroatoms. The number of amides is 1. The lowest BCUT2D eigenvalue weighted by Gasteiger charge is -2.10. The van der Waals surface area contributed by atoms with E-state index in [4.69, 9.17) is 0 Å². The van der Waals surface area contributed by atoms with Crippen LogP contribution in [0.15, 0.2) is 59.8 Å². The van der Waals surface area contributed by atoms with Gasteiger partial charge in [-0.2, -0.15) is 0 Å². The molecule has 144 valence electrons. The number of carbonyl (C=O) groups is 1. The highest BCUT2D eigenvalue weighted by Gasteiger charge is 2.15. The molecule has 1 amide bonds. The molecule has 0 atom stereocenters. The van der Waals surface area contributed by atoms with Crippen LogP contribution < -0.4 is 5.32 Å². The van der Waals surface area contributed by atoms with E-state index in [-0.39, 0.29) is 22.9 Å². The minimum Gasteiger partial charge on any atom is -0.348 e. The van der Waals surface area contributed by atoms with Crippen molar-refractivity contribution in [3.05, 3.63) is 77.4 Å². The molecule has 0 aliphatic heterocycles. The third-order valence-corrected chi connectivity index (χ3v) is 5.36. The van der Waals surface area contributed by atoms with Crippen molar-refractivity contribution in [2.45, 2.75) is 25.3 Å². The van der Waals surface area contributed by atoms with Gasteiger partial charge in [-0.15, -0.1) is 0 Å². The van der Waals surface area contributed by atoms with E-state index in [1.165, 1.54) is 6.07 Å². The van der Waals surface area contributed by atoms with Crippen molar-refractivity contribution in [2.75, 3.05) is 6.26 Å². The summed E-state index contributed by atoms with van der Waals surface area (Å²) < 4.78 is 24.2. The largest absolute Gasteiger partial charge is 0.348 e. The summed E-state index contributed by atoms with van der Waals surface area (Å²) >= 11 is 0. The van der Waals surface area contributed by atoms with Crippen LogP contribution in [0.1, 0.15) is 27.3 Å². The van der Waals surface area contributed by atoms with Gasteiger partial charge in [-0.1, -0.05) is 29.8 Å². The molecule has 0 spiro atoms. The fourth-order valence-corrected chi connectivity index (χ4v) is 3.33. The van der Waals surface area contributed by atoms with Gasteiger partial charge in [-0.05, 0) is 43.2 Å². The number of nitrogens with zero attached hydrogens (tertiary/aromatic N) is 2. The Balaban J connectivity index is 1.92. The topological polar surface area (TPSA) is 89.0 Å². The van der Waals surface area contributed by atoms with E-state index in [2.05, 4.69) is 15.3 Å². The summed E-state index contributed by atoms with van der Waals surface area (Å²) in [7, 11) is -3.47. The number of rotatable bonds is 5. The maximum atomic E-state index is 12.7. The minimum absolute atomic E-state index is 0.106. The van der Waals surface area contributed by atoms with Crippen LogP contribution in [-0.4, -0.2) is 30.5 Å². The van der Waals surface area contributed by atoms with Crippen molar-refractivity contribution in [3.8, 4) is 11.1 Å². The molecule has 3 rings (SSSR count). The lowest BCUT2D eigenvalue weighted by atomic mass is 10.0. The maximum Gasteiger partial charge on any atom is 0.251 e. The molecule has 0 bridgehead atoms. The van der Waals surface area contributed by atoms with Gasteiger partial charge in [0.05, 0.1) is 4.90 Å². The van der Waals surface area contributed by atoms with Gasteiger partial charge in [0.15, 0.2) is 9.84 Å². The van der Waals surface area contributed by atoms with Crippen LogP contribution in [0.25, 0.3) is 11.1 Å². The Bertz CT molecular complexity index is 1110. The number of hydrogen-bond acceptors (Lipinski definition) is 5. The smallest absolute Gasteiger partial charge is 0.251 e. The predicted molar refractivity (Wildman–Crippen MR) is 108 cm³/mol. The number of aryl methyl sites for hydroxylation is 2. The molecule has 0 aliphatic rings. The molecule has 0 radical (unpaired) electrons. The van der Waals surface area contributed by atoms with Crippen molar-refractivity contribution < 1.29 is 13.2 Å². The lowest BCUT2D eigenvalue weighted by molar-refractivity contribution is 0.0950. The first-order valence-corrected chi connectivity index (χ1v) is 10.6. The Hall–Kier alpha value is -3.06. The first-order chi connectivity index (χ1) is 13.2. The second-order valence-electron chi connectivity index (χ2n) is 6.71. The standard InChI is InChI=1S/C21H21N3O3S/c1-14-4-6-17(7-5-14)18-8-19(10-20(9-18)28(3,26)27)21(25)24-13-16-11-22-15(2)23-12-16/h4-12H,13H2,1-3H3,(H,24,25). The summed E-state index contributed by atoms with van der Waals surface area (Å²) in [5.41, 5.74) is 3.66. The highest BCUT2D eigenvalue weighted by molar-refractivity contribution is 7.90. The van der Waals surface area contributed by atoms with Gasteiger partial charge in [-0.25, -0.2) is 18.4 Å². The second-order valence-corrected chi connectivity index (χ2v) is 8.72. The maximum absolute atomic E-state index is 12.7. The van der Waals surface area contributed by atoms with Crippen LogP contribution in [0.5, 0.6) is 0 Å². The van der Waals surface area contributed by atoms with Crippen molar-refractivity contribution in [3.63, 3.8) is 0 Å². The van der Waals surface area contributed by atoms with Crippen molar-refractivity contribution in [2.24, 2.45) is 0 Å². The third kappa shape index (κ3) is 4.80. The zero-order valence-corrected chi connectivity index (χ0v) is 16.7. The van der Waals surface area contributed by atoms with Gasteiger partial charge >= 0.3 is 0 Å². The summed E-state index contributed by atoms with van der Waals surface area (Å²) in [4.78, 5) is 21.0. The quantitative estimate of drug-likeness (QED) is 0.717. The second kappa shape index (κ2) is 7.90. The van der Waals surface area contributed by atoms with E-state index in [1.807, 2.05) is 31.2 Å². The van der Waals surface area contributed by atoms with E-state index in [9.17, 15) is 13.2 Å². The average molecular weight is 395 g/mol. The Morgan fingerprint density at radius 3 is 2.21 bits per heavy atom. The van der Waals surface area contributed by atoms with Gasteiger partial charge in [0, 0.05) is 36.3 Å². The molecule has 0 unspecified atom stereocenters. The average Bonchev–Trinajstić information content (AvgIpc) is 2.67. The minimum atomic E-state index is -3.47. The summed E-state index contributed by atoms with van der Waals surface area (Å²) in [6.45, 7) is 4.01. The van der Waals surface area contributed by atoms with E-state index in [0.29, 0.717) is 11.4 Å². The number of sulfone groups is 1. The normalized spacial score (nSPS) is 11.2. The first-order valence-electron chi connectivity index (χ1n) is 8.70. The van der Waals surface area contributed by atoms with Gasteiger partial charge in [0.2, 0.25) is 0 Å². The molecule has 28 heavy (non-hydrogen) atoms. The van der Waals surface area contributed by atoms with Crippen molar-refractivity contribution in [1.29, 1.82) is 0 Å². The molecule has 3 aromatic rings. The molecule has 1 heterocycles. The first kappa shape index (κ1) is 19.7. The molecule has 0 aliphatic carbocycles.